The standard InChI is InChI=1S/C3H3N5O2S2/c4-12(9,10)3-1-2(7-11-3)6-8-5-1/h(H2,4,9,10)(H,5,6,7). The van der Waals surface area contributed by atoms with Crippen LogP contribution in [-0.2, 0) is 10.0 Å². The van der Waals surface area contributed by atoms with Crippen molar-refractivity contribution in [1.82, 2.24) is 19.8 Å². The van der Waals surface area contributed by atoms with E-state index in [1.807, 2.05) is 0 Å². The number of hydrogen-bond donors (Lipinski definition) is 2. The molecule has 0 aliphatic carbocycles. The highest BCUT2D eigenvalue weighted by Crippen LogP contribution is 2.21. The van der Waals surface area contributed by atoms with Crippen molar-refractivity contribution >= 4 is 32.7 Å². The van der Waals surface area contributed by atoms with Crippen LogP contribution in [0.2, 0.25) is 0 Å². The Hall–Kier alpha value is -1.06. The van der Waals surface area contributed by atoms with Crippen LogP contribution < -0.4 is 5.14 Å². The molecule has 0 amide bonds. The lowest BCUT2D eigenvalue weighted by molar-refractivity contribution is 0.600. The number of nitrogens with two attached hydrogens (primary N) is 1. The van der Waals surface area contributed by atoms with Crippen molar-refractivity contribution < 1.29 is 8.42 Å². The first kappa shape index (κ1) is 7.58. The Kier molecular flexibility index (Phi) is 1.40. The van der Waals surface area contributed by atoms with E-state index in [2.05, 4.69) is 19.8 Å². The van der Waals surface area contributed by atoms with E-state index in [4.69, 9.17) is 5.14 Å². The summed E-state index contributed by atoms with van der Waals surface area (Å²) in [6.07, 6.45) is 0. The van der Waals surface area contributed by atoms with Crippen molar-refractivity contribution in [1.29, 1.82) is 0 Å². The Morgan fingerprint density at radius 1 is 1.50 bits per heavy atom. The lowest BCUT2D eigenvalue weighted by Gasteiger charge is -1.87. The average Bonchev–Trinajstić information content (AvgIpc) is 2.37. The fourth-order valence-corrected chi connectivity index (χ4v) is 2.22. The van der Waals surface area contributed by atoms with Crippen LogP contribution in [0.4, 0.5) is 0 Å². The quantitative estimate of drug-likeness (QED) is 0.623. The molecule has 0 aromatic carbocycles. The minimum Gasteiger partial charge on any atom is -0.253 e. The van der Waals surface area contributed by atoms with Crippen LogP contribution >= 0.6 is 11.5 Å². The SMILES string of the molecule is NS(=O)(=O)c1snc2nn[nH]c12. The van der Waals surface area contributed by atoms with Gasteiger partial charge in [0, 0.05) is 0 Å². The predicted molar refractivity (Wildman–Crippen MR) is 40.9 cm³/mol. The van der Waals surface area contributed by atoms with Crippen LogP contribution in [0.15, 0.2) is 4.21 Å². The highest BCUT2D eigenvalue weighted by Gasteiger charge is 2.18. The highest BCUT2D eigenvalue weighted by atomic mass is 32.2. The summed E-state index contributed by atoms with van der Waals surface area (Å²) in [5, 5.41) is 14.2. The van der Waals surface area contributed by atoms with E-state index in [1.165, 1.54) is 0 Å². The van der Waals surface area contributed by atoms with Crippen LogP contribution in [0.3, 0.4) is 0 Å². The van der Waals surface area contributed by atoms with E-state index in [-0.39, 0.29) is 15.4 Å². The molecular formula is C3H3N5O2S2. The minimum atomic E-state index is -3.71. The zero-order valence-corrected chi connectivity index (χ0v) is 7.18. The van der Waals surface area contributed by atoms with E-state index in [0.717, 1.165) is 11.5 Å². The van der Waals surface area contributed by atoms with Gasteiger partial charge in [-0.2, -0.15) is 4.37 Å². The first-order valence-electron chi connectivity index (χ1n) is 2.78. The third-order valence-electron chi connectivity index (χ3n) is 1.21. The summed E-state index contributed by atoms with van der Waals surface area (Å²) in [4.78, 5) is 0. The van der Waals surface area contributed by atoms with Gasteiger partial charge >= 0.3 is 0 Å². The topological polar surface area (TPSA) is 115 Å². The molecule has 0 fully saturated rings. The first-order chi connectivity index (χ1) is 5.59. The summed E-state index contributed by atoms with van der Waals surface area (Å²) in [6, 6.07) is 0. The second-order valence-corrected chi connectivity index (χ2v) is 4.56. The molecule has 0 saturated heterocycles. The number of aromatic amines is 1. The van der Waals surface area contributed by atoms with Gasteiger partial charge in [-0.15, -0.1) is 5.10 Å². The normalized spacial score (nSPS) is 12.4. The number of nitrogens with zero attached hydrogens (tertiary/aromatic N) is 3. The molecule has 12 heavy (non-hydrogen) atoms. The molecule has 0 spiro atoms. The molecule has 3 N–H and O–H groups in total. The molecule has 64 valence electrons. The van der Waals surface area contributed by atoms with Crippen LogP contribution in [0.25, 0.3) is 11.2 Å². The monoisotopic (exact) mass is 205 g/mol. The molecule has 0 unspecified atom stereocenters. The highest BCUT2D eigenvalue weighted by molar-refractivity contribution is 7.91. The number of H-pyrrole nitrogens is 1. The maximum atomic E-state index is 10.9. The summed E-state index contributed by atoms with van der Waals surface area (Å²) in [6.45, 7) is 0. The van der Waals surface area contributed by atoms with Gasteiger partial charge in [-0.25, -0.2) is 13.6 Å². The molecule has 0 radical (unpaired) electrons. The van der Waals surface area contributed by atoms with Gasteiger partial charge in [0.25, 0.3) is 10.0 Å². The molecular weight excluding hydrogens is 202 g/mol. The number of fused-ring (bicyclic) bond motifs is 1. The van der Waals surface area contributed by atoms with E-state index in [9.17, 15) is 8.42 Å². The maximum absolute atomic E-state index is 10.9. The van der Waals surface area contributed by atoms with Crippen molar-refractivity contribution in [3.05, 3.63) is 0 Å². The molecule has 0 saturated carbocycles. The predicted octanol–water partition coefficient (Wildman–Crippen LogP) is -0.938. The zero-order chi connectivity index (χ0) is 8.77. The number of nitrogens with one attached hydrogen (secondary N) is 1. The van der Waals surface area contributed by atoms with Crippen molar-refractivity contribution in [2.75, 3.05) is 0 Å². The molecule has 2 rings (SSSR count). The summed E-state index contributed by atoms with van der Waals surface area (Å²) in [5.74, 6) is 0. The summed E-state index contributed by atoms with van der Waals surface area (Å²) < 4.78 is 25.4. The number of hydrogen-bond acceptors (Lipinski definition) is 6. The third kappa shape index (κ3) is 0.983. The second-order valence-electron chi connectivity index (χ2n) is 2.03. The molecule has 2 aromatic heterocycles. The third-order valence-corrected chi connectivity index (χ3v) is 3.48. The van der Waals surface area contributed by atoms with Crippen LogP contribution in [0.5, 0.6) is 0 Å². The van der Waals surface area contributed by atoms with Crippen molar-refractivity contribution in [3.8, 4) is 0 Å². The Morgan fingerprint density at radius 3 is 2.92 bits per heavy atom. The summed E-state index contributed by atoms with van der Waals surface area (Å²) >= 11 is 0.780. The molecule has 2 aromatic rings. The zero-order valence-electron chi connectivity index (χ0n) is 5.55. The van der Waals surface area contributed by atoms with Gasteiger partial charge in [-0.1, -0.05) is 5.21 Å². The number of rotatable bonds is 1. The van der Waals surface area contributed by atoms with Crippen molar-refractivity contribution in [3.63, 3.8) is 0 Å². The summed E-state index contributed by atoms with van der Waals surface area (Å²) in [7, 11) is -3.71. The van der Waals surface area contributed by atoms with Gasteiger partial charge in [0.2, 0.25) is 5.65 Å². The number of aromatic nitrogens is 4. The lowest BCUT2D eigenvalue weighted by atomic mass is 10.6. The fraction of sp³-hybridized carbons (Fsp3) is 0. The van der Waals surface area contributed by atoms with Crippen LogP contribution in [0, 0.1) is 0 Å². The van der Waals surface area contributed by atoms with E-state index in [1.54, 1.807) is 0 Å². The van der Waals surface area contributed by atoms with Gasteiger partial charge in [0.1, 0.15) is 5.52 Å². The van der Waals surface area contributed by atoms with Gasteiger partial charge in [0.05, 0.1) is 0 Å². The van der Waals surface area contributed by atoms with E-state index >= 15 is 0 Å². The second kappa shape index (κ2) is 2.21. The largest absolute Gasteiger partial charge is 0.253 e. The molecule has 0 aliphatic heterocycles. The van der Waals surface area contributed by atoms with Crippen LogP contribution in [-0.4, -0.2) is 28.2 Å². The molecule has 0 aliphatic rings. The first-order valence-corrected chi connectivity index (χ1v) is 5.10. The Morgan fingerprint density at radius 2 is 2.25 bits per heavy atom. The summed E-state index contributed by atoms with van der Waals surface area (Å²) in [5.41, 5.74) is 0.534. The Bertz CT molecular complexity index is 510. The lowest BCUT2D eigenvalue weighted by Crippen LogP contribution is -2.10. The number of primary sulfonamides is 1. The molecule has 0 atom stereocenters. The van der Waals surface area contributed by atoms with Gasteiger partial charge < -0.3 is 0 Å². The minimum absolute atomic E-state index is 0.0394. The Balaban J connectivity index is 2.87. The maximum Gasteiger partial charge on any atom is 0.251 e. The number of sulfonamides is 1. The van der Waals surface area contributed by atoms with Gasteiger partial charge in [-0.05, 0) is 11.5 Å². The van der Waals surface area contributed by atoms with Crippen LogP contribution in [0.1, 0.15) is 0 Å². The van der Waals surface area contributed by atoms with E-state index < -0.39 is 10.0 Å². The smallest absolute Gasteiger partial charge is 0.251 e. The molecule has 9 heteroatoms. The fourth-order valence-electron chi connectivity index (χ4n) is 0.748. The van der Waals surface area contributed by atoms with E-state index in [0.29, 0.717) is 0 Å². The average molecular weight is 205 g/mol. The van der Waals surface area contributed by atoms with Crippen molar-refractivity contribution in [2.45, 2.75) is 4.21 Å². The molecule has 0 bridgehead atoms. The van der Waals surface area contributed by atoms with Crippen molar-refractivity contribution in [2.24, 2.45) is 5.14 Å². The van der Waals surface area contributed by atoms with Gasteiger partial charge in [-0.3, -0.25) is 5.10 Å². The Labute approximate surface area is 70.8 Å². The van der Waals surface area contributed by atoms with Gasteiger partial charge in [0.15, 0.2) is 4.21 Å². The molecule has 7 nitrogen and oxygen atoms in total. The molecule has 2 heterocycles.